The predicted octanol–water partition coefficient (Wildman–Crippen LogP) is -0.643. The van der Waals surface area contributed by atoms with Crippen molar-refractivity contribution in [3.8, 4) is 0 Å². The minimum absolute atomic E-state index is 0.112. The van der Waals surface area contributed by atoms with E-state index in [4.69, 9.17) is 5.11 Å². The normalized spacial score (nSPS) is 22.3. The van der Waals surface area contributed by atoms with E-state index in [9.17, 15) is 26.3 Å². The van der Waals surface area contributed by atoms with Crippen molar-refractivity contribution in [1.29, 1.82) is 0 Å². The summed E-state index contributed by atoms with van der Waals surface area (Å²) in [7, 11) is -7.47. The van der Waals surface area contributed by atoms with Gasteiger partial charge < -0.3 is 10.2 Å². The van der Waals surface area contributed by atoms with Crippen LogP contribution in [0, 0.1) is 5.82 Å². The monoisotopic (exact) mass is 367 g/mol. The molecule has 0 saturated carbocycles. The summed E-state index contributed by atoms with van der Waals surface area (Å²) in [6.45, 7) is -1.09. The zero-order chi connectivity index (χ0) is 17.3. The number of aliphatic hydroxyl groups is 2. The molecular weight excluding hydrogens is 349 g/mol. The van der Waals surface area contributed by atoms with Gasteiger partial charge in [-0.25, -0.2) is 21.2 Å². The quantitative estimate of drug-likeness (QED) is 0.692. The highest BCUT2D eigenvalue weighted by molar-refractivity contribution is 7.92. The Morgan fingerprint density at radius 3 is 2.39 bits per heavy atom. The first kappa shape index (κ1) is 18.3. The van der Waals surface area contributed by atoms with Gasteiger partial charge in [0.15, 0.2) is 9.84 Å². The summed E-state index contributed by atoms with van der Waals surface area (Å²) < 4.78 is 62.5. The molecule has 23 heavy (non-hydrogen) atoms. The summed E-state index contributed by atoms with van der Waals surface area (Å²) in [4.78, 5) is -0.201. The summed E-state index contributed by atoms with van der Waals surface area (Å²) in [6, 6.07) is 3.30. The Morgan fingerprint density at radius 1 is 1.30 bits per heavy atom. The van der Waals surface area contributed by atoms with E-state index in [-0.39, 0.29) is 22.8 Å². The Kier molecular flexibility index (Phi) is 5.41. The molecule has 1 heterocycles. The molecule has 2 atom stereocenters. The Balaban J connectivity index is 2.37. The first-order chi connectivity index (χ1) is 10.7. The highest BCUT2D eigenvalue weighted by atomic mass is 32.2. The average molecular weight is 367 g/mol. The van der Waals surface area contributed by atoms with Gasteiger partial charge >= 0.3 is 0 Å². The lowest BCUT2D eigenvalue weighted by Gasteiger charge is -2.28. The minimum Gasteiger partial charge on any atom is -0.394 e. The zero-order valence-corrected chi connectivity index (χ0v) is 13.8. The molecule has 1 aliphatic heterocycles. The molecule has 1 aliphatic rings. The van der Waals surface area contributed by atoms with Gasteiger partial charge in [0.05, 0.1) is 29.1 Å². The molecule has 0 spiro atoms. The van der Waals surface area contributed by atoms with Crippen molar-refractivity contribution in [1.82, 2.24) is 4.31 Å². The van der Waals surface area contributed by atoms with E-state index >= 15 is 0 Å². The Hall–Kier alpha value is -1.07. The van der Waals surface area contributed by atoms with E-state index in [0.29, 0.717) is 0 Å². The van der Waals surface area contributed by atoms with Gasteiger partial charge in [-0.3, -0.25) is 0 Å². The topological polar surface area (TPSA) is 112 Å². The second kappa shape index (κ2) is 6.81. The maximum absolute atomic E-state index is 13.0. The van der Waals surface area contributed by atoms with Crippen molar-refractivity contribution in [2.45, 2.75) is 23.5 Å². The first-order valence-electron chi connectivity index (χ1n) is 6.92. The number of hydrogen-bond acceptors (Lipinski definition) is 6. The van der Waals surface area contributed by atoms with Crippen molar-refractivity contribution in [2.24, 2.45) is 0 Å². The molecule has 1 aromatic carbocycles. The Morgan fingerprint density at radius 2 is 1.91 bits per heavy atom. The smallest absolute Gasteiger partial charge is 0.243 e. The molecule has 2 N–H and O–H groups in total. The van der Waals surface area contributed by atoms with Crippen LogP contribution in [0.25, 0.3) is 0 Å². The maximum atomic E-state index is 13.0. The third kappa shape index (κ3) is 4.27. The van der Waals surface area contributed by atoms with Crippen LogP contribution in [0.4, 0.5) is 4.39 Å². The third-order valence-electron chi connectivity index (χ3n) is 3.64. The van der Waals surface area contributed by atoms with Gasteiger partial charge in [0.1, 0.15) is 5.82 Å². The van der Waals surface area contributed by atoms with Gasteiger partial charge in [-0.2, -0.15) is 4.31 Å². The van der Waals surface area contributed by atoms with Gasteiger partial charge in [-0.05, 0) is 30.7 Å². The molecule has 130 valence electrons. The second-order valence-corrected chi connectivity index (χ2v) is 9.54. The second-order valence-electron chi connectivity index (χ2n) is 5.42. The lowest BCUT2D eigenvalue weighted by Crippen LogP contribution is -2.46. The fourth-order valence-electron chi connectivity index (χ4n) is 2.45. The highest BCUT2D eigenvalue weighted by Gasteiger charge is 2.39. The molecule has 7 nitrogen and oxygen atoms in total. The van der Waals surface area contributed by atoms with Crippen molar-refractivity contribution in [3.63, 3.8) is 0 Å². The summed E-state index contributed by atoms with van der Waals surface area (Å²) in [5, 5.41) is 18.6. The Bertz CT molecular complexity index is 747. The van der Waals surface area contributed by atoms with Crippen LogP contribution in [0.15, 0.2) is 29.2 Å². The molecule has 10 heteroatoms. The number of aliphatic hydroxyl groups excluding tert-OH is 2. The minimum atomic E-state index is -4.13. The summed E-state index contributed by atoms with van der Waals surface area (Å²) in [5.41, 5.74) is 0. The standard InChI is InChI=1S/C13H18FNO6S2/c14-10-1-3-13(4-2-10)23(20,21)15(7-12(17)8-16)11-5-6-22(18,19)9-11/h1-4,11-12,16-17H,5-9H2/t11-,12-/m1/s1. The fraction of sp³-hybridized carbons (Fsp3) is 0.538. The SMILES string of the molecule is O=S1(=O)CC[C@@H](N(C[C@@H](O)CO)S(=O)(=O)c2ccc(F)cc2)C1. The van der Waals surface area contributed by atoms with Crippen LogP contribution in [0.5, 0.6) is 0 Å². The van der Waals surface area contributed by atoms with Gasteiger partial charge in [-0.1, -0.05) is 0 Å². The first-order valence-corrected chi connectivity index (χ1v) is 10.2. The number of benzene rings is 1. The molecule has 0 aromatic heterocycles. The van der Waals surface area contributed by atoms with Gasteiger partial charge in [0.2, 0.25) is 10.0 Å². The maximum Gasteiger partial charge on any atom is 0.243 e. The average Bonchev–Trinajstić information content (AvgIpc) is 2.84. The van der Waals surface area contributed by atoms with Crippen molar-refractivity contribution in [2.75, 3.05) is 24.7 Å². The molecule has 0 aliphatic carbocycles. The van der Waals surface area contributed by atoms with Crippen LogP contribution in [0.1, 0.15) is 6.42 Å². The molecule has 0 amide bonds. The Labute approximate surface area is 134 Å². The lowest BCUT2D eigenvalue weighted by molar-refractivity contribution is 0.0730. The van der Waals surface area contributed by atoms with Crippen LogP contribution in [0.3, 0.4) is 0 Å². The van der Waals surface area contributed by atoms with Crippen LogP contribution in [-0.4, -0.2) is 68.2 Å². The molecule has 1 fully saturated rings. The number of hydrogen-bond donors (Lipinski definition) is 2. The van der Waals surface area contributed by atoms with E-state index in [2.05, 4.69) is 0 Å². The molecule has 0 radical (unpaired) electrons. The molecule has 0 unspecified atom stereocenters. The van der Waals surface area contributed by atoms with Gasteiger partial charge in [0.25, 0.3) is 0 Å². The number of sulfone groups is 1. The molecule has 0 bridgehead atoms. The van der Waals surface area contributed by atoms with E-state index in [0.717, 1.165) is 28.6 Å². The lowest BCUT2D eigenvalue weighted by atomic mass is 10.2. The molecule has 1 aromatic rings. The number of halogens is 1. The number of sulfonamides is 1. The van der Waals surface area contributed by atoms with Crippen LogP contribution < -0.4 is 0 Å². The molecular formula is C13H18FNO6S2. The summed E-state index contributed by atoms with van der Waals surface area (Å²) in [6.07, 6.45) is -1.23. The van der Waals surface area contributed by atoms with Crippen molar-refractivity contribution in [3.05, 3.63) is 30.1 Å². The third-order valence-corrected chi connectivity index (χ3v) is 7.32. The van der Waals surface area contributed by atoms with Crippen molar-refractivity contribution < 1.29 is 31.4 Å². The van der Waals surface area contributed by atoms with Crippen molar-refractivity contribution >= 4 is 19.9 Å². The number of nitrogens with zero attached hydrogens (tertiary/aromatic N) is 1. The highest BCUT2D eigenvalue weighted by Crippen LogP contribution is 2.25. The van der Waals surface area contributed by atoms with Crippen LogP contribution in [0.2, 0.25) is 0 Å². The van der Waals surface area contributed by atoms with Gasteiger partial charge in [0, 0.05) is 12.6 Å². The fourth-order valence-corrected chi connectivity index (χ4v) is 5.97. The van der Waals surface area contributed by atoms with Gasteiger partial charge in [-0.15, -0.1) is 0 Å². The molecule has 1 saturated heterocycles. The zero-order valence-electron chi connectivity index (χ0n) is 12.2. The largest absolute Gasteiger partial charge is 0.394 e. The van der Waals surface area contributed by atoms with E-state index in [1.54, 1.807) is 0 Å². The van der Waals surface area contributed by atoms with E-state index < -0.39 is 51.0 Å². The summed E-state index contributed by atoms with van der Waals surface area (Å²) >= 11 is 0. The summed E-state index contributed by atoms with van der Waals surface area (Å²) in [5.74, 6) is -1.08. The van der Waals surface area contributed by atoms with E-state index in [1.165, 1.54) is 0 Å². The van der Waals surface area contributed by atoms with E-state index in [1.807, 2.05) is 0 Å². The van der Waals surface area contributed by atoms with Crippen LogP contribution >= 0.6 is 0 Å². The molecule has 2 rings (SSSR count). The number of rotatable bonds is 6. The predicted molar refractivity (Wildman–Crippen MR) is 80.4 cm³/mol. The van der Waals surface area contributed by atoms with Crippen LogP contribution in [-0.2, 0) is 19.9 Å².